The minimum atomic E-state index is -0.379. The first kappa shape index (κ1) is 12.5. The van der Waals surface area contributed by atoms with Crippen LogP contribution in [0.5, 0.6) is 0 Å². The predicted molar refractivity (Wildman–Crippen MR) is 67.1 cm³/mol. The molecule has 0 unspecified atom stereocenters. The van der Waals surface area contributed by atoms with E-state index >= 15 is 0 Å². The average Bonchev–Trinajstić information content (AvgIpc) is 2.79. The highest BCUT2D eigenvalue weighted by Gasteiger charge is 2.32. The van der Waals surface area contributed by atoms with E-state index in [0.717, 1.165) is 6.42 Å². The van der Waals surface area contributed by atoms with Gasteiger partial charge in [0.05, 0.1) is 13.2 Å². The Balaban J connectivity index is 1.84. The zero-order valence-corrected chi connectivity index (χ0v) is 10.6. The Labute approximate surface area is 105 Å². The lowest BCUT2D eigenvalue weighted by Crippen LogP contribution is -2.22. The maximum Gasteiger partial charge on any atom is 0.335 e. The number of hydrogen-bond donors (Lipinski definition) is 0. The summed E-state index contributed by atoms with van der Waals surface area (Å²) in [5.41, 5.74) is 0. The van der Waals surface area contributed by atoms with Crippen LogP contribution in [0.15, 0.2) is 35.2 Å². The molecule has 3 nitrogen and oxygen atoms in total. The molecule has 1 heterocycles. The smallest absolute Gasteiger partial charge is 0.335 e. The summed E-state index contributed by atoms with van der Waals surface area (Å²) in [6.45, 7) is 2.83. The molecule has 0 bridgehead atoms. The highest BCUT2D eigenvalue weighted by molar-refractivity contribution is 8.00. The van der Waals surface area contributed by atoms with E-state index in [0.29, 0.717) is 18.5 Å². The fraction of sp³-hybridized carbons (Fsp3) is 0.462. The fourth-order valence-corrected chi connectivity index (χ4v) is 2.89. The van der Waals surface area contributed by atoms with Crippen molar-refractivity contribution in [1.29, 1.82) is 0 Å². The molecule has 0 amide bonds. The summed E-state index contributed by atoms with van der Waals surface area (Å²) in [6.07, 6.45) is 0.356. The molecule has 0 saturated carbocycles. The molecule has 1 aliphatic heterocycles. The first-order valence-electron chi connectivity index (χ1n) is 5.79. The lowest BCUT2D eigenvalue weighted by Gasteiger charge is -2.08. The van der Waals surface area contributed by atoms with Crippen molar-refractivity contribution in [1.82, 2.24) is 0 Å². The fourth-order valence-electron chi connectivity index (χ4n) is 1.77. The molecule has 17 heavy (non-hydrogen) atoms. The number of esters is 1. The number of carbonyl (C=O) groups excluding carboxylic acids is 1. The Kier molecular flexibility index (Phi) is 4.45. The molecule has 2 rings (SSSR count). The van der Waals surface area contributed by atoms with Gasteiger partial charge in [-0.1, -0.05) is 18.2 Å². The predicted octanol–water partition coefficient (Wildman–Crippen LogP) is 2.50. The van der Waals surface area contributed by atoms with Crippen molar-refractivity contribution in [2.45, 2.75) is 29.6 Å². The van der Waals surface area contributed by atoms with E-state index in [1.807, 2.05) is 25.1 Å². The summed E-state index contributed by atoms with van der Waals surface area (Å²) < 4.78 is 10.4. The summed E-state index contributed by atoms with van der Waals surface area (Å²) >= 11 is 1.76. The number of ether oxygens (including phenoxy) is 2. The van der Waals surface area contributed by atoms with Gasteiger partial charge in [-0.15, -0.1) is 11.8 Å². The molecule has 0 radical (unpaired) electrons. The molecule has 4 heteroatoms. The zero-order chi connectivity index (χ0) is 12.1. The molecule has 0 N–H and O–H groups in total. The topological polar surface area (TPSA) is 35.5 Å². The van der Waals surface area contributed by atoms with Crippen LogP contribution in [0.2, 0.25) is 0 Å². The monoisotopic (exact) mass is 252 g/mol. The van der Waals surface area contributed by atoms with Crippen LogP contribution in [0.25, 0.3) is 0 Å². The van der Waals surface area contributed by atoms with E-state index < -0.39 is 0 Å². The van der Waals surface area contributed by atoms with Crippen LogP contribution >= 0.6 is 11.8 Å². The molecule has 92 valence electrons. The van der Waals surface area contributed by atoms with Gasteiger partial charge in [-0.2, -0.15) is 0 Å². The first-order chi connectivity index (χ1) is 8.29. The Morgan fingerprint density at radius 3 is 2.94 bits per heavy atom. The van der Waals surface area contributed by atoms with Crippen molar-refractivity contribution in [3.8, 4) is 0 Å². The Bertz CT molecular complexity index is 366. The van der Waals surface area contributed by atoms with E-state index in [-0.39, 0.29) is 12.1 Å². The van der Waals surface area contributed by atoms with Gasteiger partial charge in [-0.05, 0) is 25.5 Å². The van der Waals surface area contributed by atoms with Gasteiger partial charge in [0.1, 0.15) is 0 Å². The normalized spacial score (nSPS) is 23.6. The Morgan fingerprint density at radius 1 is 1.47 bits per heavy atom. The van der Waals surface area contributed by atoms with Gasteiger partial charge in [0, 0.05) is 10.1 Å². The molecule has 0 aliphatic carbocycles. The number of thioether (sulfide) groups is 1. The summed E-state index contributed by atoms with van der Waals surface area (Å²) in [5.74, 6) is -0.233. The van der Waals surface area contributed by atoms with Crippen molar-refractivity contribution in [2.75, 3.05) is 13.2 Å². The Hall–Kier alpha value is -1.00. The highest BCUT2D eigenvalue weighted by atomic mass is 32.2. The van der Waals surface area contributed by atoms with Gasteiger partial charge >= 0.3 is 5.97 Å². The third kappa shape index (κ3) is 3.48. The number of carbonyl (C=O) groups is 1. The van der Waals surface area contributed by atoms with Gasteiger partial charge in [0.15, 0.2) is 6.10 Å². The van der Waals surface area contributed by atoms with E-state index in [2.05, 4.69) is 12.1 Å². The van der Waals surface area contributed by atoms with Crippen LogP contribution in [0.4, 0.5) is 0 Å². The minimum Gasteiger partial charge on any atom is -0.464 e. The number of hydrogen-bond acceptors (Lipinski definition) is 4. The molecule has 0 aromatic heterocycles. The minimum absolute atomic E-state index is 0.233. The van der Waals surface area contributed by atoms with E-state index in [1.54, 1.807) is 11.8 Å². The van der Waals surface area contributed by atoms with Gasteiger partial charge < -0.3 is 9.47 Å². The van der Waals surface area contributed by atoms with Crippen molar-refractivity contribution >= 4 is 17.7 Å². The molecular formula is C13H16O3S. The maximum absolute atomic E-state index is 11.5. The van der Waals surface area contributed by atoms with Crippen molar-refractivity contribution in [3.63, 3.8) is 0 Å². The zero-order valence-electron chi connectivity index (χ0n) is 9.80. The van der Waals surface area contributed by atoms with Crippen molar-refractivity contribution < 1.29 is 14.3 Å². The second-order valence-electron chi connectivity index (χ2n) is 3.86. The van der Waals surface area contributed by atoms with Crippen LogP contribution in [-0.2, 0) is 14.3 Å². The van der Waals surface area contributed by atoms with Gasteiger partial charge in [0.2, 0.25) is 0 Å². The highest BCUT2D eigenvalue weighted by Crippen LogP contribution is 2.31. The lowest BCUT2D eigenvalue weighted by atomic mass is 10.2. The lowest BCUT2D eigenvalue weighted by molar-refractivity contribution is -0.153. The van der Waals surface area contributed by atoms with E-state index in [1.165, 1.54) is 4.90 Å². The van der Waals surface area contributed by atoms with Crippen LogP contribution in [0, 0.1) is 0 Å². The second-order valence-corrected chi connectivity index (χ2v) is 5.24. The molecule has 0 spiro atoms. The molecule has 1 aliphatic rings. The third-order valence-corrected chi connectivity index (χ3v) is 3.76. The largest absolute Gasteiger partial charge is 0.464 e. The average molecular weight is 252 g/mol. The standard InChI is InChI=1S/C13H16O3S/c1-2-15-13(14)12-8-11(9-16-12)17-10-6-4-3-5-7-10/h3-7,11-12H,2,8-9H2,1H3/t11-,12+/m1/s1. The summed E-state index contributed by atoms with van der Waals surface area (Å²) in [6, 6.07) is 10.2. The molecular weight excluding hydrogens is 236 g/mol. The van der Waals surface area contributed by atoms with E-state index in [4.69, 9.17) is 9.47 Å². The number of rotatable bonds is 4. The molecule has 1 fully saturated rings. The van der Waals surface area contributed by atoms with Gasteiger partial charge in [0.25, 0.3) is 0 Å². The van der Waals surface area contributed by atoms with Gasteiger partial charge in [-0.25, -0.2) is 4.79 Å². The second kappa shape index (κ2) is 6.07. The summed E-state index contributed by atoms with van der Waals surface area (Å²) in [4.78, 5) is 12.7. The van der Waals surface area contributed by atoms with Crippen LogP contribution in [0.1, 0.15) is 13.3 Å². The van der Waals surface area contributed by atoms with E-state index in [9.17, 15) is 4.79 Å². The van der Waals surface area contributed by atoms with Crippen LogP contribution < -0.4 is 0 Å². The van der Waals surface area contributed by atoms with Crippen LogP contribution in [-0.4, -0.2) is 30.5 Å². The maximum atomic E-state index is 11.5. The van der Waals surface area contributed by atoms with Crippen molar-refractivity contribution in [2.24, 2.45) is 0 Å². The van der Waals surface area contributed by atoms with Crippen molar-refractivity contribution in [3.05, 3.63) is 30.3 Å². The molecule has 1 aromatic rings. The quantitative estimate of drug-likeness (QED) is 0.771. The third-order valence-electron chi connectivity index (χ3n) is 2.56. The molecule has 1 saturated heterocycles. The van der Waals surface area contributed by atoms with Crippen LogP contribution in [0.3, 0.4) is 0 Å². The summed E-state index contributed by atoms with van der Waals surface area (Å²) in [5, 5.41) is 0.340. The Morgan fingerprint density at radius 2 is 2.24 bits per heavy atom. The molecule has 2 atom stereocenters. The van der Waals surface area contributed by atoms with Gasteiger partial charge in [-0.3, -0.25) is 0 Å². The SMILES string of the molecule is CCOC(=O)[C@@H]1C[C@@H](Sc2ccccc2)CO1. The number of benzene rings is 1. The first-order valence-corrected chi connectivity index (χ1v) is 6.67. The molecule has 1 aromatic carbocycles. The summed E-state index contributed by atoms with van der Waals surface area (Å²) in [7, 11) is 0.